The molecule has 0 atom stereocenters. The molecule has 3 rings (SSSR count). The first-order valence-electron chi connectivity index (χ1n) is 8.96. The lowest BCUT2D eigenvalue weighted by Crippen LogP contribution is -2.54. The number of nitrogens with one attached hydrogen (secondary N) is 1. The number of barbiturate groups is 1. The number of imide groups is 2. The van der Waals surface area contributed by atoms with Gasteiger partial charge in [0.25, 0.3) is 11.8 Å². The largest absolute Gasteiger partial charge is 0.500 e. The van der Waals surface area contributed by atoms with Crippen molar-refractivity contribution < 1.29 is 33.9 Å². The number of carbonyl (C=O) groups is 3. The zero-order valence-electron chi connectivity index (χ0n) is 16.4. The molecule has 0 bridgehead atoms. The number of aromatic hydroxyl groups is 1. The topological polar surface area (TPSA) is 148 Å². The van der Waals surface area contributed by atoms with E-state index < -0.39 is 39.8 Å². The highest BCUT2D eigenvalue weighted by Crippen LogP contribution is 2.37. The average molecular weight is 427 g/mol. The maximum absolute atomic E-state index is 12.9. The fraction of sp³-hybridized carbons (Fsp3) is 0.150. The molecule has 0 spiro atoms. The number of nitro groups is 1. The predicted molar refractivity (Wildman–Crippen MR) is 108 cm³/mol. The highest BCUT2D eigenvalue weighted by molar-refractivity contribution is 6.39. The first-order chi connectivity index (χ1) is 14.8. The molecule has 11 heteroatoms. The predicted octanol–water partition coefficient (Wildman–Crippen LogP) is 2.37. The number of anilines is 1. The van der Waals surface area contributed by atoms with Gasteiger partial charge >= 0.3 is 11.7 Å². The number of hydrogen-bond acceptors (Lipinski definition) is 8. The Kier molecular flexibility index (Phi) is 5.86. The van der Waals surface area contributed by atoms with Gasteiger partial charge < -0.3 is 14.6 Å². The molecule has 31 heavy (non-hydrogen) atoms. The molecule has 2 aromatic rings. The SMILES string of the molecule is CCOc1ccc(N2C(=O)NC(=O)/C(=C/c3cc(OC)c(O)c([N+](=O)[O-])c3)C2=O)cc1. The quantitative estimate of drug-likeness (QED) is 0.309. The second kappa shape index (κ2) is 8.53. The summed E-state index contributed by atoms with van der Waals surface area (Å²) in [6.45, 7) is 2.24. The van der Waals surface area contributed by atoms with Gasteiger partial charge in [-0.3, -0.25) is 25.0 Å². The van der Waals surface area contributed by atoms with Gasteiger partial charge in [0.1, 0.15) is 11.3 Å². The van der Waals surface area contributed by atoms with Crippen LogP contribution in [0.2, 0.25) is 0 Å². The van der Waals surface area contributed by atoms with Gasteiger partial charge in [-0.25, -0.2) is 9.69 Å². The van der Waals surface area contributed by atoms with Crippen molar-refractivity contribution in [2.45, 2.75) is 6.92 Å². The van der Waals surface area contributed by atoms with Crippen LogP contribution in [0.25, 0.3) is 6.08 Å². The van der Waals surface area contributed by atoms with Gasteiger partial charge in [0.2, 0.25) is 5.75 Å². The van der Waals surface area contributed by atoms with Crippen LogP contribution in [0.4, 0.5) is 16.2 Å². The van der Waals surface area contributed by atoms with Crippen molar-refractivity contribution in [3.63, 3.8) is 0 Å². The molecule has 0 aliphatic carbocycles. The Hall–Kier alpha value is -4.41. The number of carbonyl (C=O) groups excluding carboxylic acids is 3. The maximum Gasteiger partial charge on any atom is 0.335 e. The third kappa shape index (κ3) is 4.15. The average Bonchev–Trinajstić information content (AvgIpc) is 2.73. The van der Waals surface area contributed by atoms with E-state index >= 15 is 0 Å². The van der Waals surface area contributed by atoms with Gasteiger partial charge in [-0.1, -0.05) is 0 Å². The first-order valence-corrected chi connectivity index (χ1v) is 8.96. The molecule has 2 N–H and O–H groups in total. The summed E-state index contributed by atoms with van der Waals surface area (Å²) in [4.78, 5) is 48.6. The Morgan fingerprint density at radius 1 is 1.19 bits per heavy atom. The normalized spacial score (nSPS) is 15.1. The van der Waals surface area contributed by atoms with Gasteiger partial charge in [0.15, 0.2) is 5.75 Å². The molecule has 1 aliphatic rings. The zero-order valence-corrected chi connectivity index (χ0v) is 16.4. The number of rotatable bonds is 6. The van der Waals surface area contributed by atoms with Gasteiger partial charge in [0.05, 0.1) is 24.3 Å². The number of nitrogens with zero attached hydrogens (tertiary/aromatic N) is 2. The van der Waals surface area contributed by atoms with Gasteiger partial charge in [-0.2, -0.15) is 0 Å². The third-order valence-electron chi connectivity index (χ3n) is 4.31. The third-order valence-corrected chi connectivity index (χ3v) is 4.31. The number of phenolic OH excluding ortho intramolecular Hbond substituents is 1. The highest BCUT2D eigenvalue weighted by atomic mass is 16.6. The van der Waals surface area contributed by atoms with E-state index in [4.69, 9.17) is 9.47 Å². The second-order valence-electron chi connectivity index (χ2n) is 6.23. The molecular formula is C20H17N3O8. The Morgan fingerprint density at radius 2 is 1.87 bits per heavy atom. The number of methoxy groups -OCH3 is 1. The van der Waals surface area contributed by atoms with E-state index in [9.17, 15) is 29.6 Å². The molecule has 0 unspecified atom stereocenters. The summed E-state index contributed by atoms with van der Waals surface area (Å²) in [6.07, 6.45) is 1.07. The van der Waals surface area contributed by atoms with Crippen molar-refractivity contribution in [2.75, 3.05) is 18.6 Å². The number of ether oxygens (including phenoxy) is 2. The van der Waals surface area contributed by atoms with Gasteiger partial charge in [-0.15, -0.1) is 0 Å². The molecule has 2 aromatic carbocycles. The van der Waals surface area contributed by atoms with Crippen LogP contribution >= 0.6 is 0 Å². The molecule has 1 fully saturated rings. The van der Waals surface area contributed by atoms with Crippen molar-refractivity contribution in [1.29, 1.82) is 0 Å². The van der Waals surface area contributed by atoms with Crippen LogP contribution in [0.15, 0.2) is 42.0 Å². The number of amides is 4. The Labute approximate surface area is 175 Å². The van der Waals surface area contributed by atoms with E-state index in [0.717, 1.165) is 17.0 Å². The fourth-order valence-electron chi connectivity index (χ4n) is 2.91. The van der Waals surface area contributed by atoms with Gasteiger partial charge in [0, 0.05) is 6.07 Å². The van der Waals surface area contributed by atoms with E-state index in [1.165, 1.54) is 25.3 Å². The summed E-state index contributed by atoms with van der Waals surface area (Å²) < 4.78 is 10.2. The Morgan fingerprint density at radius 3 is 2.45 bits per heavy atom. The standard InChI is InChI=1S/C20H17N3O8/c1-3-31-13-6-4-12(5-7-13)22-19(26)14(18(25)21-20(22)27)8-11-9-15(23(28)29)17(24)16(10-11)30-2/h4-10,24H,3H2,1-2H3,(H,21,25,27)/b14-8-. The lowest BCUT2D eigenvalue weighted by molar-refractivity contribution is -0.386. The molecule has 0 radical (unpaired) electrons. The lowest BCUT2D eigenvalue weighted by atomic mass is 10.1. The Bertz CT molecular complexity index is 1110. The van der Waals surface area contributed by atoms with Gasteiger partial charge in [-0.05, 0) is 48.9 Å². The number of benzene rings is 2. The van der Waals surface area contributed by atoms with Crippen LogP contribution in [-0.2, 0) is 9.59 Å². The minimum atomic E-state index is -0.966. The summed E-state index contributed by atoms with van der Waals surface area (Å²) >= 11 is 0. The molecule has 1 aliphatic heterocycles. The van der Waals surface area contributed by atoms with E-state index in [-0.39, 0.29) is 17.0 Å². The molecule has 1 saturated heterocycles. The molecule has 0 aromatic heterocycles. The molecule has 1 heterocycles. The smallest absolute Gasteiger partial charge is 0.335 e. The summed E-state index contributed by atoms with van der Waals surface area (Å²) in [5.41, 5.74) is -0.871. The van der Waals surface area contributed by atoms with Crippen LogP contribution in [0.3, 0.4) is 0 Å². The van der Waals surface area contributed by atoms with Crippen LogP contribution in [0.1, 0.15) is 12.5 Å². The van der Waals surface area contributed by atoms with Crippen LogP contribution in [-0.4, -0.2) is 41.6 Å². The zero-order chi connectivity index (χ0) is 22.7. The number of phenols is 1. The van der Waals surface area contributed by atoms with Crippen LogP contribution in [0, 0.1) is 10.1 Å². The number of nitro benzene ring substituents is 1. The van der Waals surface area contributed by atoms with E-state index in [1.54, 1.807) is 19.1 Å². The first kappa shape index (κ1) is 21.3. The second-order valence-corrected chi connectivity index (χ2v) is 6.23. The maximum atomic E-state index is 12.9. The summed E-state index contributed by atoms with van der Waals surface area (Å²) in [5, 5.41) is 23.1. The van der Waals surface area contributed by atoms with E-state index in [1.807, 2.05) is 0 Å². The molecule has 4 amide bonds. The molecular weight excluding hydrogens is 410 g/mol. The number of urea groups is 1. The summed E-state index contributed by atoms with van der Waals surface area (Å²) in [7, 11) is 1.19. The van der Waals surface area contributed by atoms with Crippen molar-refractivity contribution in [2.24, 2.45) is 0 Å². The summed E-state index contributed by atoms with van der Waals surface area (Å²) in [5.74, 6) is -2.27. The van der Waals surface area contributed by atoms with E-state index in [2.05, 4.69) is 5.32 Å². The van der Waals surface area contributed by atoms with Crippen molar-refractivity contribution in [3.05, 3.63) is 57.6 Å². The highest BCUT2D eigenvalue weighted by Gasteiger charge is 2.37. The molecule has 160 valence electrons. The lowest BCUT2D eigenvalue weighted by Gasteiger charge is -2.26. The van der Waals surface area contributed by atoms with Crippen LogP contribution < -0.4 is 19.7 Å². The van der Waals surface area contributed by atoms with Crippen molar-refractivity contribution in [3.8, 4) is 17.2 Å². The minimum absolute atomic E-state index is 0.0424. The molecule has 0 saturated carbocycles. The number of hydrogen-bond donors (Lipinski definition) is 2. The summed E-state index contributed by atoms with van der Waals surface area (Å²) in [6, 6.07) is 7.33. The Balaban J connectivity index is 2.03. The van der Waals surface area contributed by atoms with E-state index in [0.29, 0.717) is 12.4 Å². The minimum Gasteiger partial charge on any atom is -0.500 e. The van der Waals surface area contributed by atoms with Crippen molar-refractivity contribution in [1.82, 2.24) is 5.32 Å². The monoisotopic (exact) mass is 427 g/mol. The fourth-order valence-corrected chi connectivity index (χ4v) is 2.91. The molecule has 11 nitrogen and oxygen atoms in total. The van der Waals surface area contributed by atoms with Crippen molar-refractivity contribution >= 4 is 35.3 Å². The van der Waals surface area contributed by atoms with Crippen LogP contribution in [0.5, 0.6) is 17.2 Å².